The molecule has 0 saturated carbocycles. The molecule has 0 atom stereocenters. The highest BCUT2D eigenvalue weighted by Crippen LogP contribution is 2.20. The Hall–Kier alpha value is -0.960. The van der Waals surface area contributed by atoms with Gasteiger partial charge in [-0.15, -0.1) is 0 Å². The van der Waals surface area contributed by atoms with E-state index in [0.29, 0.717) is 12.5 Å². The topological polar surface area (TPSA) is 51.8 Å². The molecule has 0 aliphatic carbocycles. The number of aromatic nitrogens is 2. The van der Waals surface area contributed by atoms with E-state index in [1.807, 2.05) is 12.4 Å². The number of nitrogens with two attached hydrogens (primary N) is 1. The second-order valence-electron chi connectivity index (χ2n) is 3.15. The maximum atomic E-state index is 5.42. The third-order valence-corrected chi connectivity index (χ3v) is 2.36. The average Bonchev–Trinajstić information content (AvgIpc) is 2.21. The van der Waals surface area contributed by atoms with Crippen molar-refractivity contribution >= 4 is 0 Å². The van der Waals surface area contributed by atoms with E-state index in [1.54, 1.807) is 0 Å². The molecule has 0 spiro atoms. The van der Waals surface area contributed by atoms with Crippen molar-refractivity contribution < 1.29 is 0 Å². The van der Waals surface area contributed by atoms with Gasteiger partial charge in [0.25, 0.3) is 0 Å². The van der Waals surface area contributed by atoms with Gasteiger partial charge < -0.3 is 5.73 Å². The molecule has 2 N–H and O–H groups in total. The van der Waals surface area contributed by atoms with Gasteiger partial charge in [0.05, 0.1) is 6.54 Å². The van der Waals surface area contributed by atoms with Gasteiger partial charge in [-0.2, -0.15) is 0 Å². The summed E-state index contributed by atoms with van der Waals surface area (Å²) in [6.07, 6.45) is 6.07. The van der Waals surface area contributed by atoms with E-state index in [1.165, 1.54) is 5.56 Å². The first kappa shape index (κ1) is 10.1. The SMILES string of the molecule is CCC(CC)c1cnc(CN)nc1. The van der Waals surface area contributed by atoms with Gasteiger partial charge in [-0.1, -0.05) is 13.8 Å². The molecule has 1 aromatic heterocycles. The van der Waals surface area contributed by atoms with Crippen molar-refractivity contribution in [1.82, 2.24) is 9.97 Å². The molecule has 3 heteroatoms. The highest BCUT2D eigenvalue weighted by molar-refractivity contribution is 5.11. The summed E-state index contributed by atoms with van der Waals surface area (Å²) in [5.41, 5.74) is 6.64. The summed E-state index contributed by atoms with van der Waals surface area (Å²) in [5.74, 6) is 1.31. The second kappa shape index (κ2) is 4.92. The van der Waals surface area contributed by atoms with E-state index in [-0.39, 0.29) is 0 Å². The van der Waals surface area contributed by atoms with Gasteiger partial charge in [-0.05, 0) is 24.3 Å². The van der Waals surface area contributed by atoms with E-state index in [9.17, 15) is 0 Å². The van der Waals surface area contributed by atoms with Crippen LogP contribution in [0.15, 0.2) is 12.4 Å². The molecule has 0 fully saturated rings. The molecule has 0 amide bonds. The Morgan fingerprint density at radius 2 is 1.77 bits per heavy atom. The summed E-state index contributed by atoms with van der Waals surface area (Å²) in [5, 5.41) is 0. The predicted molar refractivity (Wildman–Crippen MR) is 53.2 cm³/mol. The van der Waals surface area contributed by atoms with Crippen LogP contribution in [-0.4, -0.2) is 9.97 Å². The van der Waals surface area contributed by atoms with Crippen molar-refractivity contribution in [3.63, 3.8) is 0 Å². The van der Waals surface area contributed by atoms with Crippen LogP contribution in [0.3, 0.4) is 0 Å². The van der Waals surface area contributed by atoms with Crippen LogP contribution < -0.4 is 5.73 Å². The van der Waals surface area contributed by atoms with Crippen LogP contribution in [0, 0.1) is 0 Å². The standard InChI is InChI=1S/C10H17N3/c1-3-8(4-2)9-6-12-10(5-11)13-7-9/h6-8H,3-5,11H2,1-2H3. The molecule has 72 valence electrons. The van der Waals surface area contributed by atoms with Crippen molar-refractivity contribution in [3.05, 3.63) is 23.8 Å². The summed E-state index contributed by atoms with van der Waals surface area (Å²) in [6.45, 7) is 4.79. The number of rotatable bonds is 4. The zero-order valence-corrected chi connectivity index (χ0v) is 8.33. The Morgan fingerprint density at radius 1 is 1.23 bits per heavy atom. The first-order chi connectivity index (χ1) is 6.31. The van der Waals surface area contributed by atoms with E-state index < -0.39 is 0 Å². The molecule has 1 heterocycles. The minimum Gasteiger partial charge on any atom is -0.324 e. The van der Waals surface area contributed by atoms with E-state index in [2.05, 4.69) is 23.8 Å². The van der Waals surface area contributed by atoms with Crippen LogP contribution in [0.1, 0.15) is 44.0 Å². The lowest BCUT2D eigenvalue weighted by molar-refractivity contribution is 0.633. The zero-order chi connectivity index (χ0) is 9.68. The van der Waals surface area contributed by atoms with Gasteiger partial charge in [-0.3, -0.25) is 0 Å². The van der Waals surface area contributed by atoms with Gasteiger partial charge in [0.1, 0.15) is 5.82 Å². The fourth-order valence-corrected chi connectivity index (χ4v) is 1.44. The summed E-state index contributed by atoms with van der Waals surface area (Å²) in [4.78, 5) is 8.36. The molecule has 1 aromatic rings. The lowest BCUT2D eigenvalue weighted by Gasteiger charge is -2.11. The third kappa shape index (κ3) is 2.49. The summed E-state index contributed by atoms with van der Waals surface area (Å²) in [7, 11) is 0. The summed E-state index contributed by atoms with van der Waals surface area (Å²) >= 11 is 0. The molecule has 0 saturated heterocycles. The molecule has 3 nitrogen and oxygen atoms in total. The maximum Gasteiger partial charge on any atom is 0.141 e. The second-order valence-corrected chi connectivity index (χ2v) is 3.15. The maximum absolute atomic E-state index is 5.42. The van der Waals surface area contributed by atoms with Crippen LogP contribution in [0.2, 0.25) is 0 Å². The Morgan fingerprint density at radius 3 is 2.15 bits per heavy atom. The van der Waals surface area contributed by atoms with Gasteiger partial charge in [0.15, 0.2) is 0 Å². The van der Waals surface area contributed by atoms with Gasteiger partial charge in [0, 0.05) is 12.4 Å². The van der Waals surface area contributed by atoms with Crippen LogP contribution in [-0.2, 0) is 6.54 Å². The lowest BCUT2D eigenvalue weighted by atomic mass is 9.97. The number of hydrogen-bond donors (Lipinski definition) is 1. The number of nitrogens with zero attached hydrogens (tertiary/aromatic N) is 2. The first-order valence-electron chi connectivity index (χ1n) is 4.82. The highest BCUT2D eigenvalue weighted by atomic mass is 14.9. The molecular formula is C10H17N3. The highest BCUT2D eigenvalue weighted by Gasteiger charge is 2.07. The van der Waals surface area contributed by atoms with E-state index >= 15 is 0 Å². The Labute approximate surface area is 79.4 Å². The molecule has 0 bridgehead atoms. The molecule has 0 radical (unpaired) electrons. The van der Waals surface area contributed by atoms with E-state index in [4.69, 9.17) is 5.73 Å². The van der Waals surface area contributed by atoms with Crippen LogP contribution in [0.25, 0.3) is 0 Å². The smallest absolute Gasteiger partial charge is 0.141 e. The molecular weight excluding hydrogens is 162 g/mol. The van der Waals surface area contributed by atoms with Gasteiger partial charge >= 0.3 is 0 Å². The Kier molecular flexibility index (Phi) is 3.83. The monoisotopic (exact) mass is 179 g/mol. The van der Waals surface area contributed by atoms with Gasteiger partial charge in [-0.25, -0.2) is 9.97 Å². The Balaban J connectivity index is 2.78. The fourth-order valence-electron chi connectivity index (χ4n) is 1.44. The van der Waals surface area contributed by atoms with Crippen molar-refractivity contribution in [2.45, 2.75) is 39.2 Å². The minimum atomic E-state index is 0.420. The largest absolute Gasteiger partial charge is 0.324 e. The average molecular weight is 179 g/mol. The molecule has 1 rings (SSSR count). The zero-order valence-electron chi connectivity index (χ0n) is 8.33. The molecule has 0 aliphatic rings. The summed E-state index contributed by atoms with van der Waals surface area (Å²) < 4.78 is 0. The van der Waals surface area contributed by atoms with Gasteiger partial charge in [0.2, 0.25) is 0 Å². The van der Waals surface area contributed by atoms with Crippen LogP contribution >= 0.6 is 0 Å². The lowest BCUT2D eigenvalue weighted by Crippen LogP contribution is -2.04. The van der Waals surface area contributed by atoms with Crippen molar-refractivity contribution in [2.75, 3.05) is 0 Å². The molecule has 0 unspecified atom stereocenters. The van der Waals surface area contributed by atoms with Crippen molar-refractivity contribution in [3.8, 4) is 0 Å². The molecule has 0 aliphatic heterocycles. The minimum absolute atomic E-state index is 0.420. The third-order valence-electron chi connectivity index (χ3n) is 2.36. The molecule has 13 heavy (non-hydrogen) atoms. The van der Waals surface area contributed by atoms with Crippen LogP contribution in [0.4, 0.5) is 0 Å². The van der Waals surface area contributed by atoms with Crippen LogP contribution in [0.5, 0.6) is 0 Å². The molecule has 0 aromatic carbocycles. The predicted octanol–water partition coefficient (Wildman–Crippen LogP) is 1.84. The quantitative estimate of drug-likeness (QED) is 0.767. The summed E-state index contributed by atoms with van der Waals surface area (Å²) in [6, 6.07) is 0. The Bertz CT molecular complexity index is 239. The normalized spacial score (nSPS) is 10.8. The van der Waals surface area contributed by atoms with E-state index in [0.717, 1.165) is 18.7 Å². The first-order valence-corrected chi connectivity index (χ1v) is 4.82. The van der Waals surface area contributed by atoms with Crippen molar-refractivity contribution in [2.24, 2.45) is 5.73 Å². The van der Waals surface area contributed by atoms with Crippen molar-refractivity contribution in [1.29, 1.82) is 0 Å². The number of hydrogen-bond acceptors (Lipinski definition) is 3. The fraction of sp³-hybridized carbons (Fsp3) is 0.600.